The van der Waals surface area contributed by atoms with Gasteiger partial charge in [-0.2, -0.15) is 13.2 Å². The molecule has 0 radical (unpaired) electrons. The highest BCUT2D eigenvalue weighted by Crippen LogP contribution is 2.38. The van der Waals surface area contributed by atoms with Crippen LogP contribution in [-0.4, -0.2) is 19.0 Å². The minimum Gasteiger partial charge on any atom is -0.374 e. The average Bonchev–Trinajstić information content (AvgIpc) is 2.35. The van der Waals surface area contributed by atoms with Gasteiger partial charge in [0.2, 0.25) is 5.91 Å². The van der Waals surface area contributed by atoms with Crippen LogP contribution in [0.5, 0.6) is 0 Å². The Balaban J connectivity index is 2.65. The highest BCUT2D eigenvalue weighted by Gasteiger charge is 2.34. The van der Waals surface area contributed by atoms with E-state index in [0.29, 0.717) is 12.5 Å². The van der Waals surface area contributed by atoms with Crippen LogP contribution in [-0.2, 0) is 11.0 Å². The van der Waals surface area contributed by atoms with E-state index < -0.39 is 11.7 Å². The lowest BCUT2D eigenvalue weighted by atomic mass is 10.1. The van der Waals surface area contributed by atoms with Crippen molar-refractivity contribution in [3.05, 3.63) is 28.8 Å². The van der Waals surface area contributed by atoms with Gasteiger partial charge in [-0.05, 0) is 24.5 Å². The number of rotatable bonds is 6. The molecule has 1 rings (SSSR count). The fourth-order valence-electron chi connectivity index (χ4n) is 1.67. The molecule has 2 N–H and O–H groups in total. The van der Waals surface area contributed by atoms with Gasteiger partial charge in [0.15, 0.2) is 0 Å². The number of amides is 1. The van der Waals surface area contributed by atoms with Crippen molar-refractivity contribution in [2.75, 3.05) is 18.4 Å². The van der Waals surface area contributed by atoms with Gasteiger partial charge in [0, 0.05) is 6.54 Å². The van der Waals surface area contributed by atoms with Crippen molar-refractivity contribution < 1.29 is 18.0 Å². The molecule has 0 heterocycles. The Morgan fingerprint density at radius 1 is 1.33 bits per heavy atom. The smallest absolute Gasteiger partial charge is 0.374 e. The van der Waals surface area contributed by atoms with Crippen LogP contribution in [0.1, 0.15) is 25.8 Å². The minimum atomic E-state index is -4.53. The first-order valence-electron chi connectivity index (χ1n) is 6.58. The maximum atomic E-state index is 12.8. The van der Waals surface area contributed by atoms with Gasteiger partial charge < -0.3 is 10.6 Å². The first-order valence-corrected chi connectivity index (χ1v) is 6.96. The lowest BCUT2D eigenvalue weighted by Crippen LogP contribution is -2.31. The number of carbonyl (C=O) groups is 1. The maximum Gasteiger partial charge on any atom is 0.418 e. The molecule has 0 aliphatic heterocycles. The topological polar surface area (TPSA) is 41.1 Å². The lowest BCUT2D eigenvalue weighted by molar-refractivity contribution is -0.137. The number of anilines is 1. The monoisotopic (exact) mass is 322 g/mol. The van der Waals surface area contributed by atoms with E-state index in [9.17, 15) is 18.0 Å². The molecule has 0 aliphatic rings. The first kappa shape index (κ1) is 17.6. The average molecular weight is 323 g/mol. The summed E-state index contributed by atoms with van der Waals surface area (Å²) in [5.41, 5.74) is -1.16. The van der Waals surface area contributed by atoms with Crippen LogP contribution in [0, 0.1) is 5.92 Å². The van der Waals surface area contributed by atoms with Crippen LogP contribution in [0.2, 0.25) is 5.02 Å². The van der Waals surface area contributed by atoms with Gasteiger partial charge in [-0.25, -0.2) is 0 Å². The van der Waals surface area contributed by atoms with E-state index in [1.54, 1.807) is 0 Å². The molecular formula is C14H18ClF3N2O. The Kier molecular flexibility index (Phi) is 6.33. The molecule has 0 aliphatic carbocycles. The van der Waals surface area contributed by atoms with E-state index in [1.807, 2.05) is 13.8 Å². The highest BCUT2D eigenvalue weighted by molar-refractivity contribution is 6.33. The number of halogens is 4. The van der Waals surface area contributed by atoms with Crippen molar-refractivity contribution in [2.45, 2.75) is 26.4 Å². The molecule has 21 heavy (non-hydrogen) atoms. The molecular weight excluding hydrogens is 305 g/mol. The van der Waals surface area contributed by atoms with Gasteiger partial charge in [0.25, 0.3) is 0 Å². The Morgan fingerprint density at radius 3 is 2.57 bits per heavy atom. The number of para-hydroxylation sites is 1. The Bertz CT molecular complexity index is 490. The van der Waals surface area contributed by atoms with Gasteiger partial charge in [-0.1, -0.05) is 31.5 Å². The number of hydrogen-bond donors (Lipinski definition) is 2. The summed E-state index contributed by atoms with van der Waals surface area (Å²) in [5, 5.41) is 5.03. The number of nitrogens with one attached hydrogen (secondary N) is 2. The zero-order chi connectivity index (χ0) is 16.0. The Labute approximate surface area is 126 Å². The molecule has 0 spiro atoms. The van der Waals surface area contributed by atoms with Gasteiger partial charge in [0.05, 0.1) is 22.8 Å². The molecule has 0 bridgehead atoms. The third kappa shape index (κ3) is 5.83. The highest BCUT2D eigenvalue weighted by atomic mass is 35.5. The maximum absolute atomic E-state index is 12.8. The molecule has 1 amide bonds. The van der Waals surface area contributed by atoms with E-state index in [-0.39, 0.29) is 23.2 Å². The number of alkyl halides is 3. The molecule has 1 aromatic carbocycles. The van der Waals surface area contributed by atoms with Crippen LogP contribution < -0.4 is 10.6 Å². The summed E-state index contributed by atoms with van der Waals surface area (Å²) in [6.45, 7) is 4.27. The molecule has 0 fully saturated rings. The van der Waals surface area contributed by atoms with Crippen LogP contribution in [0.3, 0.4) is 0 Å². The van der Waals surface area contributed by atoms with Crippen LogP contribution >= 0.6 is 11.6 Å². The summed E-state index contributed by atoms with van der Waals surface area (Å²) < 4.78 is 38.5. The van der Waals surface area contributed by atoms with Crippen molar-refractivity contribution in [1.82, 2.24) is 5.32 Å². The van der Waals surface area contributed by atoms with Crippen LogP contribution in [0.4, 0.5) is 18.9 Å². The zero-order valence-corrected chi connectivity index (χ0v) is 12.6. The molecule has 1 aromatic rings. The van der Waals surface area contributed by atoms with Gasteiger partial charge in [-0.15, -0.1) is 0 Å². The summed E-state index contributed by atoms with van der Waals surface area (Å²) >= 11 is 5.77. The van der Waals surface area contributed by atoms with E-state index in [2.05, 4.69) is 10.6 Å². The molecule has 0 aromatic heterocycles. The molecule has 118 valence electrons. The summed E-state index contributed by atoms with van der Waals surface area (Å²) in [4.78, 5) is 11.6. The van der Waals surface area contributed by atoms with E-state index in [1.165, 1.54) is 12.1 Å². The number of hydrogen-bond acceptors (Lipinski definition) is 2. The Hall–Kier alpha value is -1.43. The molecule has 7 heteroatoms. The van der Waals surface area contributed by atoms with Crippen molar-refractivity contribution in [3.8, 4) is 0 Å². The lowest BCUT2D eigenvalue weighted by Gasteiger charge is -2.16. The van der Waals surface area contributed by atoms with Gasteiger partial charge in [0.1, 0.15) is 0 Å². The normalized spacial score (nSPS) is 11.6. The predicted octanol–water partition coefficient (Wildman–Crippen LogP) is 3.93. The molecule has 0 atom stereocenters. The number of benzene rings is 1. The first-order chi connectivity index (χ1) is 9.71. The second-order valence-corrected chi connectivity index (χ2v) is 5.45. The molecule has 0 saturated carbocycles. The van der Waals surface area contributed by atoms with Crippen molar-refractivity contribution in [3.63, 3.8) is 0 Å². The summed E-state index contributed by atoms with van der Waals surface area (Å²) in [6.07, 6.45) is -3.72. The standard InChI is InChI=1S/C14H18ClF3N2O/c1-9(2)6-7-19-12(21)8-20-13-10(14(16,17)18)4-3-5-11(13)15/h3-5,9,20H,6-8H2,1-2H3,(H,19,21). The fraction of sp³-hybridized carbons (Fsp3) is 0.500. The second kappa shape index (κ2) is 7.54. The molecule has 0 unspecified atom stereocenters. The molecule has 3 nitrogen and oxygen atoms in total. The largest absolute Gasteiger partial charge is 0.418 e. The number of carbonyl (C=O) groups excluding carboxylic acids is 1. The summed E-state index contributed by atoms with van der Waals surface area (Å²) in [5.74, 6) is 0.0716. The minimum absolute atomic E-state index is 0.0696. The van der Waals surface area contributed by atoms with Crippen molar-refractivity contribution >= 4 is 23.2 Å². The van der Waals surface area contributed by atoms with Gasteiger partial charge >= 0.3 is 6.18 Å². The zero-order valence-electron chi connectivity index (χ0n) is 11.9. The third-order valence-electron chi connectivity index (χ3n) is 2.79. The van der Waals surface area contributed by atoms with Crippen LogP contribution in [0.15, 0.2) is 18.2 Å². The molecule has 0 saturated heterocycles. The fourth-order valence-corrected chi connectivity index (χ4v) is 1.91. The predicted molar refractivity (Wildman–Crippen MR) is 77.4 cm³/mol. The van der Waals surface area contributed by atoms with Crippen molar-refractivity contribution in [1.29, 1.82) is 0 Å². The summed E-state index contributed by atoms with van der Waals surface area (Å²) in [6, 6.07) is 3.49. The van der Waals surface area contributed by atoms with Crippen LogP contribution in [0.25, 0.3) is 0 Å². The van der Waals surface area contributed by atoms with Gasteiger partial charge in [-0.3, -0.25) is 4.79 Å². The van der Waals surface area contributed by atoms with E-state index in [0.717, 1.165) is 12.5 Å². The third-order valence-corrected chi connectivity index (χ3v) is 3.10. The quantitative estimate of drug-likeness (QED) is 0.833. The van der Waals surface area contributed by atoms with E-state index in [4.69, 9.17) is 11.6 Å². The summed E-state index contributed by atoms with van der Waals surface area (Å²) in [7, 11) is 0. The SMILES string of the molecule is CC(C)CCNC(=O)CNc1c(Cl)cccc1C(F)(F)F. The Morgan fingerprint density at radius 2 is 2.00 bits per heavy atom. The van der Waals surface area contributed by atoms with E-state index >= 15 is 0 Å². The second-order valence-electron chi connectivity index (χ2n) is 5.05. The van der Waals surface area contributed by atoms with Crippen molar-refractivity contribution in [2.24, 2.45) is 5.92 Å².